The molecule has 2 aromatic heterocycles. The molecule has 1 aliphatic rings. The van der Waals surface area contributed by atoms with Crippen molar-refractivity contribution < 1.29 is 13.2 Å². The Bertz CT molecular complexity index is 1320. The zero-order chi connectivity index (χ0) is 23.6. The minimum Gasteiger partial charge on any atom is -0.379 e. The molecule has 0 unspecified atom stereocenters. The minimum atomic E-state index is -3.62. The van der Waals surface area contributed by atoms with Crippen molar-refractivity contribution in [2.45, 2.75) is 25.2 Å². The van der Waals surface area contributed by atoms with Crippen molar-refractivity contribution in [2.75, 3.05) is 38.7 Å². The van der Waals surface area contributed by atoms with E-state index in [4.69, 9.17) is 4.74 Å². The standard InChI is InChI=1S/C22H24N6O3S2/c1-14-4-5-16(10-18(14)33(29,30)28-6-8-31-9-7-28)11-19-25-13-17(12-23)20(27-19)21-15(2)26-22(24-3)32-21/h4-5,10,13H,6-9,11H2,1-3H3,(H,24,26). The number of nitriles is 1. The van der Waals surface area contributed by atoms with Crippen LogP contribution in [0, 0.1) is 25.2 Å². The minimum absolute atomic E-state index is 0.285. The second kappa shape index (κ2) is 9.52. The third kappa shape index (κ3) is 4.74. The van der Waals surface area contributed by atoms with E-state index >= 15 is 0 Å². The highest BCUT2D eigenvalue weighted by Gasteiger charge is 2.28. The first-order valence-corrected chi connectivity index (χ1v) is 12.7. The summed E-state index contributed by atoms with van der Waals surface area (Å²) in [6.07, 6.45) is 1.84. The fourth-order valence-electron chi connectivity index (χ4n) is 3.62. The maximum Gasteiger partial charge on any atom is 0.243 e. The first-order chi connectivity index (χ1) is 15.8. The Morgan fingerprint density at radius 2 is 2.00 bits per heavy atom. The third-order valence-electron chi connectivity index (χ3n) is 5.39. The summed E-state index contributed by atoms with van der Waals surface area (Å²) < 4.78 is 33.1. The third-order valence-corrected chi connectivity index (χ3v) is 8.61. The number of ether oxygens (including phenoxy) is 1. The molecule has 1 N–H and O–H groups in total. The van der Waals surface area contributed by atoms with Crippen LogP contribution in [-0.2, 0) is 21.2 Å². The maximum atomic E-state index is 13.2. The van der Waals surface area contributed by atoms with Gasteiger partial charge < -0.3 is 10.1 Å². The molecule has 0 aliphatic carbocycles. The first-order valence-electron chi connectivity index (χ1n) is 10.4. The molecule has 0 atom stereocenters. The van der Waals surface area contributed by atoms with Gasteiger partial charge in [-0.2, -0.15) is 9.57 Å². The number of aryl methyl sites for hydroxylation is 2. The lowest BCUT2D eigenvalue weighted by molar-refractivity contribution is 0.0730. The van der Waals surface area contributed by atoms with Crippen LogP contribution in [0.5, 0.6) is 0 Å². The van der Waals surface area contributed by atoms with Gasteiger partial charge in [0.05, 0.1) is 34.2 Å². The van der Waals surface area contributed by atoms with E-state index in [0.29, 0.717) is 55.4 Å². The SMILES string of the molecule is CNc1nc(C)c(-c2nc(Cc3ccc(C)c(S(=O)(=O)N4CCOCC4)c3)ncc2C#N)s1. The molecule has 3 aromatic rings. The van der Waals surface area contributed by atoms with Gasteiger partial charge in [-0.15, -0.1) is 0 Å². The Labute approximate surface area is 197 Å². The summed E-state index contributed by atoms with van der Waals surface area (Å²) in [6.45, 7) is 5.14. The van der Waals surface area contributed by atoms with E-state index in [2.05, 4.69) is 26.3 Å². The second-order valence-corrected chi connectivity index (χ2v) is 10.5. The van der Waals surface area contributed by atoms with E-state index < -0.39 is 10.0 Å². The molecule has 0 amide bonds. The van der Waals surface area contributed by atoms with Gasteiger partial charge in [-0.1, -0.05) is 23.5 Å². The van der Waals surface area contributed by atoms with E-state index in [9.17, 15) is 13.7 Å². The second-order valence-electron chi connectivity index (χ2n) is 7.64. The van der Waals surface area contributed by atoms with Crippen molar-refractivity contribution in [1.29, 1.82) is 5.26 Å². The van der Waals surface area contributed by atoms with Crippen LogP contribution < -0.4 is 5.32 Å². The van der Waals surface area contributed by atoms with Gasteiger partial charge >= 0.3 is 0 Å². The van der Waals surface area contributed by atoms with Gasteiger partial charge in [0.2, 0.25) is 10.0 Å². The monoisotopic (exact) mass is 484 g/mol. The lowest BCUT2D eigenvalue weighted by Crippen LogP contribution is -2.40. The number of hydrogen-bond acceptors (Lipinski definition) is 9. The van der Waals surface area contributed by atoms with Crippen LogP contribution in [0.4, 0.5) is 5.13 Å². The average molecular weight is 485 g/mol. The van der Waals surface area contributed by atoms with Crippen molar-refractivity contribution in [3.63, 3.8) is 0 Å². The number of benzene rings is 1. The summed E-state index contributed by atoms with van der Waals surface area (Å²) in [4.78, 5) is 14.5. The summed E-state index contributed by atoms with van der Waals surface area (Å²) in [6, 6.07) is 7.53. The van der Waals surface area contributed by atoms with Crippen LogP contribution >= 0.6 is 11.3 Å². The Balaban J connectivity index is 1.68. The highest BCUT2D eigenvalue weighted by molar-refractivity contribution is 7.89. The summed E-state index contributed by atoms with van der Waals surface area (Å²) in [5.74, 6) is 0.501. The summed E-state index contributed by atoms with van der Waals surface area (Å²) >= 11 is 1.42. The average Bonchev–Trinajstić information content (AvgIpc) is 3.21. The number of rotatable bonds is 6. The predicted molar refractivity (Wildman–Crippen MR) is 126 cm³/mol. The lowest BCUT2D eigenvalue weighted by atomic mass is 10.1. The molecule has 0 saturated carbocycles. The number of thiazole rings is 1. The molecule has 1 aliphatic heterocycles. The molecule has 0 radical (unpaired) electrons. The van der Waals surface area contributed by atoms with E-state index in [-0.39, 0.29) is 4.90 Å². The van der Waals surface area contributed by atoms with E-state index in [0.717, 1.165) is 21.3 Å². The summed E-state index contributed by atoms with van der Waals surface area (Å²) in [5.41, 5.74) is 3.14. The van der Waals surface area contributed by atoms with Crippen LogP contribution in [0.1, 0.15) is 28.2 Å². The van der Waals surface area contributed by atoms with Crippen LogP contribution in [-0.4, -0.2) is 61.0 Å². The van der Waals surface area contributed by atoms with Crippen LogP contribution in [0.25, 0.3) is 10.6 Å². The number of nitrogens with zero attached hydrogens (tertiary/aromatic N) is 5. The Kier molecular flexibility index (Phi) is 6.71. The van der Waals surface area contributed by atoms with Crippen molar-refractivity contribution >= 4 is 26.5 Å². The number of anilines is 1. The van der Waals surface area contributed by atoms with Gasteiger partial charge in [-0.05, 0) is 31.0 Å². The molecule has 1 saturated heterocycles. The van der Waals surface area contributed by atoms with Gasteiger partial charge in [0, 0.05) is 32.8 Å². The predicted octanol–water partition coefficient (Wildman–Crippen LogP) is 2.74. The number of sulfonamides is 1. The molecule has 3 heterocycles. The van der Waals surface area contributed by atoms with Crippen molar-refractivity contribution in [3.05, 3.63) is 52.6 Å². The Morgan fingerprint density at radius 1 is 1.24 bits per heavy atom. The van der Waals surface area contributed by atoms with E-state index in [1.165, 1.54) is 21.8 Å². The lowest BCUT2D eigenvalue weighted by Gasteiger charge is -2.26. The van der Waals surface area contributed by atoms with Crippen molar-refractivity contribution in [1.82, 2.24) is 19.3 Å². The fourth-order valence-corrected chi connectivity index (χ4v) is 6.23. The molecule has 172 valence electrons. The van der Waals surface area contributed by atoms with E-state index in [1.54, 1.807) is 26.1 Å². The van der Waals surface area contributed by atoms with Crippen LogP contribution in [0.15, 0.2) is 29.3 Å². The molecule has 11 heteroatoms. The largest absolute Gasteiger partial charge is 0.379 e. The highest BCUT2D eigenvalue weighted by Crippen LogP contribution is 2.33. The number of hydrogen-bond donors (Lipinski definition) is 1. The normalized spacial score (nSPS) is 14.7. The Hall–Kier alpha value is -2.91. The molecule has 1 fully saturated rings. The summed E-state index contributed by atoms with van der Waals surface area (Å²) in [7, 11) is -1.83. The van der Waals surface area contributed by atoms with Crippen molar-refractivity contribution in [3.8, 4) is 16.6 Å². The molecule has 4 rings (SSSR count). The first kappa shape index (κ1) is 23.3. The van der Waals surface area contributed by atoms with E-state index in [1.807, 2.05) is 13.0 Å². The highest BCUT2D eigenvalue weighted by atomic mass is 32.2. The molecule has 1 aromatic carbocycles. The van der Waals surface area contributed by atoms with Gasteiger partial charge in [0.1, 0.15) is 17.6 Å². The molecular formula is C22H24N6O3S2. The molecule has 0 spiro atoms. The zero-order valence-corrected chi connectivity index (χ0v) is 20.3. The topological polar surface area (TPSA) is 121 Å². The van der Waals surface area contributed by atoms with Gasteiger partial charge in [0.15, 0.2) is 5.13 Å². The van der Waals surface area contributed by atoms with Gasteiger partial charge in [-0.3, -0.25) is 0 Å². The van der Waals surface area contributed by atoms with Crippen LogP contribution in [0.3, 0.4) is 0 Å². The fraction of sp³-hybridized carbons (Fsp3) is 0.364. The Morgan fingerprint density at radius 3 is 2.67 bits per heavy atom. The maximum absolute atomic E-state index is 13.2. The molecular weight excluding hydrogens is 460 g/mol. The quantitative estimate of drug-likeness (QED) is 0.567. The smallest absolute Gasteiger partial charge is 0.243 e. The number of nitrogens with one attached hydrogen (secondary N) is 1. The van der Waals surface area contributed by atoms with Crippen LogP contribution in [0.2, 0.25) is 0 Å². The molecule has 33 heavy (non-hydrogen) atoms. The molecule has 0 bridgehead atoms. The number of aromatic nitrogens is 3. The zero-order valence-electron chi connectivity index (χ0n) is 18.6. The van der Waals surface area contributed by atoms with Crippen molar-refractivity contribution in [2.24, 2.45) is 0 Å². The summed E-state index contributed by atoms with van der Waals surface area (Å²) in [5, 5.41) is 13.3. The van der Waals surface area contributed by atoms with Gasteiger partial charge in [-0.25, -0.2) is 23.4 Å². The molecule has 9 nitrogen and oxygen atoms in total. The van der Waals surface area contributed by atoms with Gasteiger partial charge in [0.25, 0.3) is 0 Å². The number of morpholine rings is 1.